The maximum atomic E-state index is 13.0. The third-order valence-electron chi connectivity index (χ3n) is 5.46. The molecular weight excluding hydrogens is 394 g/mol. The molecule has 1 aliphatic rings. The molecule has 1 aliphatic heterocycles. The van der Waals surface area contributed by atoms with Crippen LogP contribution < -0.4 is 4.90 Å². The Morgan fingerprint density at radius 1 is 1.03 bits per heavy atom. The van der Waals surface area contributed by atoms with Gasteiger partial charge in [-0.1, -0.05) is 42.5 Å². The molecule has 3 aromatic rings. The minimum absolute atomic E-state index is 0.000702. The zero-order chi connectivity index (χ0) is 22.1. The average Bonchev–Trinajstić information content (AvgIpc) is 3.37. The fraction of sp³-hybridized carbons (Fsp3) is 0.240. The summed E-state index contributed by atoms with van der Waals surface area (Å²) in [6.07, 6.45) is -0.184. The topological polar surface area (TPSA) is 76.8 Å². The molecule has 2 heterocycles. The number of benzene rings is 2. The van der Waals surface area contributed by atoms with E-state index in [4.69, 9.17) is 9.15 Å². The smallest absolute Gasteiger partial charge is 0.375 e. The molecule has 1 aromatic heterocycles. The van der Waals surface area contributed by atoms with Crippen LogP contribution in [-0.4, -0.2) is 29.8 Å². The number of hydrogen-bond donors (Lipinski definition) is 0. The van der Waals surface area contributed by atoms with E-state index in [1.807, 2.05) is 31.2 Å². The number of anilines is 1. The SMILES string of the molecule is CC(=O)c1ccc(-c2ccc(C(=O)O[C@@H](C)C(=O)N3c4ccccc4C[C@@H]3C)o2)cc1. The Kier molecular flexibility index (Phi) is 5.46. The Bertz CT molecular complexity index is 1140. The van der Waals surface area contributed by atoms with E-state index in [9.17, 15) is 14.4 Å². The van der Waals surface area contributed by atoms with Crippen molar-refractivity contribution in [2.75, 3.05) is 4.90 Å². The first-order valence-corrected chi connectivity index (χ1v) is 10.2. The second kappa shape index (κ2) is 8.22. The van der Waals surface area contributed by atoms with E-state index in [0.29, 0.717) is 11.3 Å². The molecule has 2 aromatic carbocycles. The fourth-order valence-electron chi connectivity index (χ4n) is 3.84. The third kappa shape index (κ3) is 4.01. The van der Waals surface area contributed by atoms with E-state index in [1.165, 1.54) is 13.0 Å². The van der Waals surface area contributed by atoms with Crippen molar-refractivity contribution in [2.45, 2.75) is 39.3 Å². The van der Waals surface area contributed by atoms with Crippen molar-refractivity contribution in [3.8, 4) is 11.3 Å². The van der Waals surface area contributed by atoms with Gasteiger partial charge in [0, 0.05) is 22.9 Å². The van der Waals surface area contributed by atoms with Crippen LogP contribution in [0.3, 0.4) is 0 Å². The van der Waals surface area contributed by atoms with Crippen molar-refractivity contribution >= 4 is 23.3 Å². The van der Waals surface area contributed by atoms with Gasteiger partial charge in [0.25, 0.3) is 5.91 Å². The van der Waals surface area contributed by atoms with Gasteiger partial charge in [-0.2, -0.15) is 0 Å². The largest absolute Gasteiger partial charge is 0.449 e. The van der Waals surface area contributed by atoms with Crippen LogP contribution in [0.4, 0.5) is 5.69 Å². The minimum atomic E-state index is -0.954. The van der Waals surface area contributed by atoms with E-state index in [0.717, 1.165) is 23.2 Å². The molecule has 31 heavy (non-hydrogen) atoms. The normalized spacial score (nSPS) is 16.0. The lowest BCUT2D eigenvalue weighted by atomic mass is 10.1. The van der Waals surface area contributed by atoms with E-state index >= 15 is 0 Å². The molecule has 0 aliphatic carbocycles. The quantitative estimate of drug-likeness (QED) is 0.445. The van der Waals surface area contributed by atoms with Crippen molar-refractivity contribution in [2.24, 2.45) is 0 Å². The lowest BCUT2D eigenvalue weighted by molar-refractivity contribution is -0.126. The van der Waals surface area contributed by atoms with Crippen LogP contribution in [0.5, 0.6) is 0 Å². The summed E-state index contributed by atoms with van der Waals surface area (Å²) in [7, 11) is 0. The first kappa shape index (κ1) is 20.6. The molecule has 0 unspecified atom stereocenters. The van der Waals surface area contributed by atoms with Gasteiger partial charge in [-0.25, -0.2) is 4.79 Å². The van der Waals surface area contributed by atoms with Gasteiger partial charge in [0.15, 0.2) is 11.9 Å². The van der Waals surface area contributed by atoms with Crippen molar-refractivity contribution in [3.63, 3.8) is 0 Å². The Labute approximate surface area is 180 Å². The minimum Gasteiger partial charge on any atom is -0.449 e. The molecule has 0 radical (unpaired) electrons. The highest BCUT2D eigenvalue weighted by Crippen LogP contribution is 2.32. The van der Waals surface area contributed by atoms with Gasteiger partial charge in [-0.3, -0.25) is 9.59 Å². The lowest BCUT2D eigenvalue weighted by Crippen LogP contribution is -2.43. The maximum Gasteiger partial charge on any atom is 0.375 e. The fourth-order valence-corrected chi connectivity index (χ4v) is 3.84. The van der Waals surface area contributed by atoms with Gasteiger partial charge in [0.2, 0.25) is 5.76 Å². The van der Waals surface area contributed by atoms with Crippen LogP contribution in [0.25, 0.3) is 11.3 Å². The Morgan fingerprint density at radius 3 is 2.45 bits per heavy atom. The van der Waals surface area contributed by atoms with Crippen LogP contribution in [0.2, 0.25) is 0 Å². The number of amides is 1. The van der Waals surface area contributed by atoms with E-state index in [2.05, 4.69) is 0 Å². The summed E-state index contributed by atoms with van der Waals surface area (Å²) in [4.78, 5) is 38.7. The number of furan rings is 1. The molecule has 0 spiro atoms. The van der Waals surface area contributed by atoms with Gasteiger partial charge in [0.05, 0.1) is 0 Å². The van der Waals surface area contributed by atoms with Crippen molar-refractivity contribution < 1.29 is 23.5 Å². The lowest BCUT2D eigenvalue weighted by Gasteiger charge is -2.25. The molecule has 0 saturated carbocycles. The van der Waals surface area contributed by atoms with Crippen LogP contribution in [0.1, 0.15) is 47.2 Å². The second-order valence-electron chi connectivity index (χ2n) is 7.74. The monoisotopic (exact) mass is 417 g/mol. The molecule has 6 heteroatoms. The van der Waals surface area contributed by atoms with Crippen molar-refractivity contribution in [1.29, 1.82) is 0 Å². The number of carbonyl (C=O) groups excluding carboxylic acids is 3. The number of carbonyl (C=O) groups is 3. The summed E-state index contributed by atoms with van der Waals surface area (Å²) in [5.74, 6) is -0.503. The van der Waals surface area contributed by atoms with Gasteiger partial charge in [-0.15, -0.1) is 0 Å². The molecule has 6 nitrogen and oxygen atoms in total. The highest BCUT2D eigenvalue weighted by atomic mass is 16.6. The summed E-state index contributed by atoms with van der Waals surface area (Å²) < 4.78 is 11.0. The van der Waals surface area contributed by atoms with E-state index < -0.39 is 12.1 Å². The number of ketones is 1. The standard InChI is InChI=1S/C25H23NO5/c1-15-14-20-6-4-5-7-21(20)26(15)24(28)17(3)30-25(29)23-13-12-22(31-23)19-10-8-18(9-11-19)16(2)27/h4-13,15,17H,14H2,1-3H3/t15-,17-/m0/s1. The maximum absolute atomic E-state index is 13.0. The molecule has 0 fully saturated rings. The number of Topliss-reactive ketones (excluding diaryl/α,β-unsaturated/α-hetero) is 1. The molecule has 2 atom stereocenters. The number of rotatable bonds is 5. The summed E-state index contributed by atoms with van der Waals surface area (Å²) in [6, 6.07) is 17.8. The summed E-state index contributed by atoms with van der Waals surface area (Å²) >= 11 is 0. The summed E-state index contributed by atoms with van der Waals surface area (Å²) in [5.41, 5.74) is 3.29. The first-order chi connectivity index (χ1) is 14.8. The zero-order valence-corrected chi connectivity index (χ0v) is 17.6. The number of ether oxygens (including phenoxy) is 1. The van der Waals surface area contributed by atoms with Crippen LogP contribution in [-0.2, 0) is 16.0 Å². The molecule has 1 amide bonds. The number of esters is 1. The van der Waals surface area contributed by atoms with Crippen LogP contribution in [0, 0.1) is 0 Å². The molecule has 4 rings (SSSR count). The van der Waals surface area contributed by atoms with Crippen molar-refractivity contribution in [3.05, 3.63) is 77.6 Å². The van der Waals surface area contributed by atoms with Gasteiger partial charge >= 0.3 is 5.97 Å². The number of fused-ring (bicyclic) bond motifs is 1. The predicted molar refractivity (Wildman–Crippen MR) is 116 cm³/mol. The summed E-state index contributed by atoms with van der Waals surface area (Å²) in [6.45, 7) is 5.04. The number of nitrogens with zero attached hydrogens (tertiary/aromatic N) is 1. The van der Waals surface area contributed by atoms with Gasteiger partial charge in [-0.05, 0) is 51.0 Å². The van der Waals surface area contributed by atoms with Crippen LogP contribution in [0.15, 0.2) is 65.1 Å². The molecule has 0 bridgehead atoms. The molecule has 0 saturated heterocycles. The van der Waals surface area contributed by atoms with Crippen LogP contribution >= 0.6 is 0 Å². The Balaban J connectivity index is 1.45. The third-order valence-corrected chi connectivity index (χ3v) is 5.46. The van der Waals surface area contributed by atoms with E-state index in [-0.39, 0.29) is 23.5 Å². The van der Waals surface area contributed by atoms with Gasteiger partial charge < -0.3 is 14.1 Å². The Morgan fingerprint density at radius 2 is 1.74 bits per heavy atom. The molecule has 158 valence electrons. The summed E-state index contributed by atoms with van der Waals surface area (Å²) in [5, 5.41) is 0. The highest BCUT2D eigenvalue weighted by molar-refractivity contribution is 6.00. The predicted octanol–water partition coefficient (Wildman–Crippen LogP) is 4.67. The van der Waals surface area contributed by atoms with Gasteiger partial charge in [0.1, 0.15) is 5.76 Å². The second-order valence-corrected chi connectivity index (χ2v) is 7.74. The zero-order valence-electron chi connectivity index (χ0n) is 17.6. The number of hydrogen-bond acceptors (Lipinski definition) is 5. The molecular formula is C25H23NO5. The van der Waals surface area contributed by atoms with Crippen molar-refractivity contribution in [1.82, 2.24) is 0 Å². The average molecular weight is 417 g/mol. The molecule has 0 N–H and O–H groups in total. The van der Waals surface area contributed by atoms with E-state index in [1.54, 1.807) is 42.2 Å². The Hall–Kier alpha value is -3.67. The first-order valence-electron chi connectivity index (χ1n) is 10.2. The highest BCUT2D eigenvalue weighted by Gasteiger charge is 2.34. The number of para-hydroxylation sites is 1.